The topological polar surface area (TPSA) is 45.2 Å². The van der Waals surface area contributed by atoms with Crippen LogP contribution in [0.3, 0.4) is 0 Å². The van der Waals surface area contributed by atoms with Gasteiger partial charge in [0.2, 0.25) is 5.91 Å². The number of alkyl halides is 3. The van der Waals surface area contributed by atoms with Crippen LogP contribution in [0.2, 0.25) is 0 Å². The first-order valence-electron chi connectivity index (χ1n) is 8.52. The van der Waals surface area contributed by atoms with E-state index in [2.05, 4.69) is 10.3 Å². The standard InChI is InChI=1S/C18H20F3N3OS/c19-18(20,21)15-4-1-8-22-16(15)24-10-6-13(7-11-24)17(25)23-9-5-14-3-2-12-26-14/h1-4,8,12-13H,5-7,9-11H2,(H,23,25). The zero-order chi connectivity index (χ0) is 18.6. The minimum Gasteiger partial charge on any atom is -0.356 e. The Bertz CT molecular complexity index is 726. The molecular weight excluding hydrogens is 363 g/mol. The molecule has 140 valence electrons. The molecule has 3 heterocycles. The van der Waals surface area contributed by atoms with E-state index in [9.17, 15) is 18.0 Å². The maximum atomic E-state index is 13.1. The van der Waals surface area contributed by atoms with E-state index in [1.807, 2.05) is 17.5 Å². The third-order valence-electron chi connectivity index (χ3n) is 4.51. The molecule has 1 N–H and O–H groups in total. The third-order valence-corrected chi connectivity index (χ3v) is 5.44. The van der Waals surface area contributed by atoms with E-state index >= 15 is 0 Å². The Morgan fingerprint density at radius 1 is 1.27 bits per heavy atom. The lowest BCUT2D eigenvalue weighted by Gasteiger charge is -2.33. The Hall–Kier alpha value is -2.09. The molecule has 1 amide bonds. The Labute approximate surface area is 154 Å². The highest BCUT2D eigenvalue weighted by atomic mass is 32.1. The fraction of sp³-hybridized carbons (Fsp3) is 0.444. The normalized spacial score (nSPS) is 15.9. The van der Waals surface area contributed by atoms with Crippen molar-refractivity contribution in [2.75, 3.05) is 24.5 Å². The summed E-state index contributed by atoms with van der Waals surface area (Å²) in [5.41, 5.74) is -0.723. The summed E-state index contributed by atoms with van der Waals surface area (Å²) in [4.78, 5) is 19.0. The van der Waals surface area contributed by atoms with Gasteiger partial charge in [0.25, 0.3) is 0 Å². The van der Waals surface area contributed by atoms with Crippen LogP contribution in [0.15, 0.2) is 35.8 Å². The van der Waals surface area contributed by atoms with Crippen LogP contribution in [0, 0.1) is 5.92 Å². The molecule has 3 rings (SSSR count). The summed E-state index contributed by atoms with van der Waals surface area (Å²) in [5.74, 6) is -0.220. The van der Waals surface area contributed by atoms with Crippen molar-refractivity contribution >= 4 is 23.1 Å². The van der Waals surface area contributed by atoms with Gasteiger partial charge in [-0.3, -0.25) is 4.79 Å². The van der Waals surface area contributed by atoms with Gasteiger partial charge >= 0.3 is 6.18 Å². The molecule has 8 heteroatoms. The number of carbonyl (C=O) groups is 1. The van der Waals surface area contributed by atoms with Crippen LogP contribution in [0.5, 0.6) is 0 Å². The zero-order valence-electron chi connectivity index (χ0n) is 14.1. The first-order chi connectivity index (χ1) is 12.4. The van der Waals surface area contributed by atoms with Gasteiger partial charge in [-0.1, -0.05) is 6.07 Å². The molecule has 0 radical (unpaired) electrons. The molecule has 1 fully saturated rings. The van der Waals surface area contributed by atoms with E-state index in [1.165, 1.54) is 17.1 Å². The predicted octanol–water partition coefficient (Wildman–Crippen LogP) is 3.74. The van der Waals surface area contributed by atoms with E-state index < -0.39 is 11.7 Å². The van der Waals surface area contributed by atoms with Crippen LogP contribution in [-0.2, 0) is 17.4 Å². The number of aromatic nitrogens is 1. The minimum atomic E-state index is -4.43. The summed E-state index contributed by atoms with van der Waals surface area (Å²) < 4.78 is 39.4. The fourth-order valence-corrected chi connectivity index (χ4v) is 3.84. The highest BCUT2D eigenvalue weighted by Gasteiger charge is 2.36. The number of nitrogens with one attached hydrogen (secondary N) is 1. The number of thiophene rings is 1. The van der Waals surface area contributed by atoms with Crippen molar-refractivity contribution in [2.45, 2.75) is 25.4 Å². The van der Waals surface area contributed by atoms with Gasteiger partial charge in [-0.05, 0) is 42.8 Å². The van der Waals surface area contributed by atoms with Gasteiger partial charge < -0.3 is 10.2 Å². The monoisotopic (exact) mass is 383 g/mol. The first-order valence-corrected chi connectivity index (χ1v) is 9.40. The van der Waals surface area contributed by atoms with Crippen LogP contribution in [-0.4, -0.2) is 30.5 Å². The summed E-state index contributed by atoms with van der Waals surface area (Å²) >= 11 is 1.65. The molecule has 1 aliphatic rings. The van der Waals surface area contributed by atoms with Crippen LogP contribution in [0.4, 0.5) is 19.0 Å². The van der Waals surface area contributed by atoms with E-state index in [0.717, 1.165) is 12.5 Å². The van der Waals surface area contributed by atoms with Gasteiger partial charge in [-0.2, -0.15) is 13.2 Å². The molecule has 4 nitrogen and oxygen atoms in total. The molecule has 0 atom stereocenters. The van der Waals surface area contributed by atoms with Crippen LogP contribution >= 0.6 is 11.3 Å². The number of piperidine rings is 1. The highest BCUT2D eigenvalue weighted by molar-refractivity contribution is 7.09. The maximum absolute atomic E-state index is 13.1. The predicted molar refractivity (Wildman–Crippen MR) is 95.2 cm³/mol. The fourth-order valence-electron chi connectivity index (χ4n) is 3.13. The summed E-state index contributed by atoms with van der Waals surface area (Å²) in [5, 5.41) is 4.93. The van der Waals surface area contributed by atoms with E-state index in [4.69, 9.17) is 0 Å². The van der Waals surface area contributed by atoms with Crippen molar-refractivity contribution in [3.63, 3.8) is 0 Å². The number of hydrogen-bond acceptors (Lipinski definition) is 4. The lowest BCUT2D eigenvalue weighted by molar-refractivity contribution is -0.137. The Kier molecular flexibility index (Phi) is 5.80. The molecule has 1 aliphatic heterocycles. The van der Waals surface area contributed by atoms with Gasteiger partial charge in [0.05, 0.1) is 5.56 Å². The molecule has 0 saturated carbocycles. The number of halogens is 3. The van der Waals surface area contributed by atoms with Gasteiger partial charge in [0.1, 0.15) is 5.82 Å². The van der Waals surface area contributed by atoms with Crippen molar-refractivity contribution in [2.24, 2.45) is 5.92 Å². The average Bonchev–Trinajstić information content (AvgIpc) is 3.14. The van der Waals surface area contributed by atoms with Crippen molar-refractivity contribution in [3.05, 3.63) is 46.3 Å². The second-order valence-corrected chi connectivity index (χ2v) is 7.29. The third kappa shape index (κ3) is 4.55. The van der Waals surface area contributed by atoms with Gasteiger partial charge in [-0.15, -0.1) is 11.3 Å². The van der Waals surface area contributed by atoms with Crippen LogP contribution in [0.1, 0.15) is 23.3 Å². The number of hydrogen-bond donors (Lipinski definition) is 1. The quantitative estimate of drug-likeness (QED) is 0.856. The number of anilines is 1. The molecular formula is C18H20F3N3OS. The second-order valence-electron chi connectivity index (χ2n) is 6.25. The summed E-state index contributed by atoms with van der Waals surface area (Å²) in [6.45, 7) is 1.37. The first kappa shape index (κ1) is 18.7. The molecule has 2 aromatic rings. The summed E-state index contributed by atoms with van der Waals surface area (Å²) in [7, 11) is 0. The van der Waals surface area contributed by atoms with Gasteiger partial charge in [0, 0.05) is 36.6 Å². The van der Waals surface area contributed by atoms with E-state index in [0.29, 0.717) is 32.5 Å². The molecule has 0 bridgehead atoms. The molecule has 0 aliphatic carbocycles. The Morgan fingerprint density at radius 3 is 2.69 bits per heavy atom. The molecule has 1 saturated heterocycles. The van der Waals surface area contributed by atoms with E-state index in [1.54, 1.807) is 16.2 Å². The smallest absolute Gasteiger partial charge is 0.356 e. The van der Waals surface area contributed by atoms with Gasteiger partial charge in [-0.25, -0.2) is 4.98 Å². The second kappa shape index (κ2) is 8.07. The van der Waals surface area contributed by atoms with Crippen molar-refractivity contribution in [3.8, 4) is 0 Å². The average molecular weight is 383 g/mol. The van der Waals surface area contributed by atoms with Crippen LogP contribution in [0.25, 0.3) is 0 Å². The van der Waals surface area contributed by atoms with Crippen molar-refractivity contribution in [1.82, 2.24) is 10.3 Å². The molecule has 0 unspecified atom stereocenters. The number of rotatable bonds is 5. The highest BCUT2D eigenvalue weighted by Crippen LogP contribution is 2.36. The Morgan fingerprint density at radius 2 is 2.04 bits per heavy atom. The van der Waals surface area contributed by atoms with Crippen molar-refractivity contribution in [1.29, 1.82) is 0 Å². The molecule has 26 heavy (non-hydrogen) atoms. The van der Waals surface area contributed by atoms with Crippen molar-refractivity contribution < 1.29 is 18.0 Å². The zero-order valence-corrected chi connectivity index (χ0v) is 14.9. The Balaban J connectivity index is 1.52. The maximum Gasteiger partial charge on any atom is 0.419 e. The number of carbonyl (C=O) groups excluding carboxylic acids is 1. The SMILES string of the molecule is O=C(NCCc1cccs1)C1CCN(c2ncccc2C(F)(F)F)CC1. The molecule has 2 aromatic heterocycles. The lowest BCUT2D eigenvalue weighted by atomic mass is 9.95. The molecule has 0 spiro atoms. The van der Waals surface area contributed by atoms with Gasteiger partial charge in [0.15, 0.2) is 0 Å². The lowest BCUT2D eigenvalue weighted by Crippen LogP contribution is -2.41. The van der Waals surface area contributed by atoms with Crippen LogP contribution < -0.4 is 10.2 Å². The van der Waals surface area contributed by atoms with E-state index in [-0.39, 0.29) is 17.6 Å². The minimum absolute atomic E-state index is 0.0155. The molecule has 0 aromatic carbocycles. The summed E-state index contributed by atoms with van der Waals surface area (Å²) in [6.07, 6.45) is -1.21. The number of amides is 1. The summed E-state index contributed by atoms with van der Waals surface area (Å²) in [6, 6.07) is 6.34. The number of nitrogens with zero attached hydrogens (tertiary/aromatic N) is 2. The number of pyridine rings is 1. The largest absolute Gasteiger partial charge is 0.419 e.